The fourth-order valence-corrected chi connectivity index (χ4v) is 5.17. The zero-order valence-electron chi connectivity index (χ0n) is 17.9. The van der Waals surface area contributed by atoms with Gasteiger partial charge in [0, 0.05) is 18.1 Å². The predicted octanol–water partition coefficient (Wildman–Crippen LogP) is 5.18. The summed E-state index contributed by atoms with van der Waals surface area (Å²) in [5.41, 5.74) is 1.65. The number of carbonyl (C=O) groups is 2. The topological polar surface area (TPSA) is 46.6 Å². The third kappa shape index (κ3) is 5.12. The van der Waals surface area contributed by atoms with Gasteiger partial charge in [-0.25, -0.2) is 0 Å². The molecule has 0 bridgehead atoms. The molecule has 0 radical (unpaired) electrons. The summed E-state index contributed by atoms with van der Waals surface area (Å²) in [6.07, 6.45) is 6.52. The van der Waals surface area contributed by atoms with E-state index in [-0.39, 0.29) is 18.5 Å². The molecule has 1 saturated carbocycles. The Balaban J connectivity index is 1.29. The lowest BCUT2D eigenvalue weighted by atomic mass is 9.79. The summed E-state index contributed by atoms with van der Waals surface area (Å²) in [6, 6.07) is 18.0. The maximum atomic E-state index is 13.1. The number of likely N-dealkylation sites (tertiary alicyclic amines) is 1. The van der Waals surface area contributed by atoms with Gasteiger partial charge >= 0.3 is 5.97 Å². The Morgan fingerprint density at radius 1 is 0.968 bits per heavy atom. The smallest absolute Gasteiger partial charge is 0.317 e. The number of hydrogen-bond acceptors (Lipinski definition) is 3. The zero-order chi connectivity index (χ0) is 21.7. The van der Waals surface area contributed by atoms with Gasteiger partial charge in [-0.2, -0.15) is 0 Å². The van der Waals surface area contributed by atoms with Crippen LogP contribution in [0.2, 0.25) is 5.02 Å². The molecule has 2 aromatic rings. The SMILES string of the molecule is O=C(COC(=O)C1(c2ccc(Cl)cc2)CCCC1)N1CCC(Cc2ccccc2)CC1. The summed E-state index contributed by atoms with van der Waals surface area (Å²) >= 11 is 6.02. The number of amides is 1. The first-order valence-electron chi connectivity index (χ1n) is 11.3. The number of nitrogens with zero attached hydrogens (tertiary/aromatic N) is 1. The van der Waals surface area contributed by atoms with Crippen LogP contribution in [0, 0.1) is 5.92 Å². The molecule has 164 valence electrons. The van der Waals surface area contributed by atoms with E-state index >= 15 is 0 Å². The van der Waals surface area contributed by atoms with Crippen molar-refractivity contribution in [3.8, 4) is 0 Å². The average molecular weight is 440 g/mol. The lowest BCUT2D eigenvalue weighted by molar-refractivity contribution is -0.157. The van der Waals surface area contributed by atoms with Crippen LogP contribution in [-0.2, 0) is 26.2 Å². The summed E-state index contributed by atoms with van der Waals surface area (Å²) in [5, 5.41) is 0.649. The second-order valence-corrected chi connectivity index (χ2v) is 9.32. The summed E-state index contributed by atoms with van der Waals surface area (Å²) in [7, 11) is 0. The third-order valence-corrected chi connectivity index (χ3v) is 7.16. The van der Waals surface area contributed by atoms with Crippen LogP contribution >= 0.6 is 11.6 Å². The molecular weight excluding hydrogens is 410 g/mol. The summed E-state index contributed by atoms with van der Waals surface area (Å²) < 4.78 is 5.59. The van der Waals surface area contributed by atoms with Crippen molar-refractivity contribution in [2.45, 2.75) is 50.4 Å². The molecule has 2 aliphatic rings. The lowest BCUT2D eigenvalue weighted by Crippen LogP contribution is -2.42. The molecule has 4 nitrogen and oxygen atoms in total. The molecule has 5 heteroatoms. The first-order chi connectivity index (χ1) is 15.1. The number of halogens is 1. The molecule has 1 aliphatic carbocycles. The Hall–Kier alpha value is -2.33. The predicted molar refractivity (Wildman–Crippen MR) is 122 cm³/mol. The van der Waals surface area contributed by atoms with Crippen LogP contribution in [0.1, 0.15) is 49.7 Å². The zero-order valence-corrected chi connectivity index (χ0v) is 18.7. The van der Waals surface area contributed by atoms with Crippen molar-refractivity contribution >= 4 is 23.5 Å². The highest BCUT2D eigenvalue weighted by molar-refractivity contribution is 6.30. The molecule has 4 rings (SSSR count). The van der Waals surface area contributed by atoms with Crippen molar-refractivity contribution in [3.05, 3.63) is 70.7 Å². The molecule has 0 N–H and O–H groups in total. The van der Waals surface area contributed by atoms with E-state index in [1.807, 2.05) is 35.2 Å². The maximum absolute atomic E-state index is 13.1. The van der Waals surface area contributed by atoms with Crippen molar-refractivity contribution in [3.63, 3.8) is 0 Å². The molecule has 1 aliphatic heterocycles. The second kappa shape index (κ2) is 9.86. The van der Waals surface area contributed by atoms with Crippen LogP contribution in [0.5, 0.6) is 0 Å². The normalized spacial score (nSPS) is 18.7. The van der Waals surface area contributed by atoms with Crippen molar-refractivity contribution < 1.29 is 14.3 Å². The van der Waals surface area contributed by atoms with E-state index in [4.69, 9.17) is 16.3 Å². The first kappa shape index (κ1) is 21.9. The van der Waals surface area contributed by atoms with E-state index in [1.165, 1.54) is 5.56 Å². The largest absolute Gasteiger partial charge is 0.455 e. The minimum absolute atomic E-state index is 0.0873. The highest BCUT2D eigenvalue weighted by atomic mass is 35.5. The monoisotopic (exact) mass is 439 g/mol. The Morgan fingerprint density at radius 2 is 1.61 bits per heavy atom. The number of rotatable bonds is 6. The Kier molecular flexibility index (Phi) is 6.96. The Labute approximate surface area is 189 Å². The van der Waals surface area contributed by atoms with Gasteiger partial charge in [0.25, 0.3) is 5.91 Å². The molecule has 0 aromatic heterocycles. The van der Waals surface area contributed by atoms with E-state index in [1.54, 1.807) is 0 Å². The summed E-state index contributed by atoms with van der Waals surface area (Å²) in [5.74, 6) is 0.232. The van der Waals surface area contributed by atoms with Gasteiger partial charge in [-0.15, -0.1) is 0 Å². The van der Waals surface area contributed by atoms with E-state index in [9.17, 15) is 9.59 Å². The maximum Gasteiger partial charge on any atom is 0.317 e. The van der Waals surface area contributed by atoms with Gasteiger partial charge in [-0.05, 0) is 61.3 Å². The summed E-state index contributed by atoms with van der Waals surface area (Å²) in [4.78, 5) is 27.6. The number of benzene rings is 2. The van der Waals surface area contributed by atoms with Crippen LogP contribution in [0.15, 0.2) is 54.6 Å². The lowest BCUT2D eigenvalue weighted by Gasteiger charge is -2.32. The standard InChI is InChI=1S/C26H30ClNO3/c27-23-10-8-22(9-11-23)26(14-4-5-15-26)25(30)31-19-24(29)28-16-12-21(13-17-28)18-20-6-2-1-3-7-20/h1-3,6-11,21H,4-5,12-19H2. The second-order valence-electron chi connectivity index (χ2n) is 8.89. The van der Waals surface area contributed by atoms with Crippen LogP contribution < -0.4 is 0 Å². The van der Waals surface area contributed by atoms with Crippen molar-refractivity contribution in [2.24, 2.45) is 5.92 Å². The summed E-state index contributed by atoms with van der Waals surface area (Å²) in [6.45, 7) is 1.30. The Morgan fingerprint density at radius 3 is 2.26 bits per heavy atom. The molecule has 0 spiro atoms. The number of ether oxygens (including phenoxy) is 1. The Bertz CT molecular complexity index is 883. The van der Waals surface area contributed by atoms with E-state index in [2.05, 4.69) is 24.3 Å². The highest BCUT2D eigenvalue weighted by Crippen LogP contribution is 2.42. The van der Waals surface area contributed by atoms with Crippen molar-refractivity contribution in [1.82, 2.24) is 4.90 Å². The fourth-order valence-electron chi connectivity index (χ4n) is 5.05. The number of hydrogen-bond donors (Lipinski definition) is 0. The molecule has 2 fully saturated rings. The molecule has 0 atom stereocenters. The number of piperidine rings is 1. The van der Waals surface area contributed by atoms with Gasteiger partial charge < -0.3 is 9.64 Å². The molecule has 1 saturated heterocycles. The molecule has 1 amide bonds. The fraction of sp³-hybridized carbons (Fsp3) is 0.462. The van der Waals surface area contributed by atoms with Gasteiger partial charge in [0.2, 0.25) is 0 Å². The number of esters is 1. The quantitative estimate of drug-likeness (QED) is 0.583. The third-order valence-electron chi connectivity index (χ3n) is 6.91. The minimum atomic E-state index is -0.645. The van der Waals surface area contributed by atoms with Gasteiger partial charge in [-0.1, -0.05) is 66.9 Å². The van der Waals surface area contributed by atoms with Gasteiger partial charge in [0.1, 0.15) is 0 Å². The van der Waals surface area contributed by atoms with Crippen molar-refractivity contribution in [2.75, 3.05) is 19.7 Å². The van der Waals surface area contributed by atoms with Crippen molar-refractivity contribution in [1.29, 1.82) is 0 Å². The van der Waals surface area contributed by atoms with Gasteiger partial charge in [0.05, 0.1) is 5.41 Å². The van der Waals surface area contributed by atoms with Crippen LogP contribution in [0.3, 0.4) is 0 Å². The molecular formula is C26H30ClNO3. The number of carbonyl (C=O) groups excluding carboxylic acids is 2. The minimum Gasteiger partial charge on any atom is -0.455 e. The van der Waals surface area contributed by atoms with Gasteiger partial charge in [-0.3, -0.25) is 9.59 Å². The first-order valence-corrected chi connectivity index (χ1v) is 11.7. The molecule has 31 heavy (non-hydrogen) atoms. The van der Waals surface area contributed by atoms with Crippen LogP contribution in [0.25, 0.3) is 0 Å². The van der Waals surface area contributed by atoms with Crippen LogP contribution in [-0.4, -0.2) is 36.5 Å². The van der Waals surface area contributed by atoms with Gasteiger partial charge in [0.15, 0.2) is 6.61 Å². The highest BCUT2D eigenvalue weighted by Gasteiger charge is 2.44. The molecule has 2 aromatic carbocycles. The molecule has 0 unspecified atom stereocenters. The van der Waals surface area contributed by atoms with Crippen LogP contribution in [0.4, 0.5) is 0 Å². The van der Waals surface area contributed by atoms with E-state index in [0.717, 1.165) is 63.6 Å². The van der Waals surface area contributed by atoms with E-state index in [0.29, 0.717) is 10.9 Å². The molecule has 1 heterocycles. The average Bonchev–Trinajstić information content (AvgIpc) is 3.30. The van der Waals surface area contributed by atoms with E-state index < -0.39 is 5.41 Å².